The fourth-order valence-corrected chi connectivity index (χ4v) is 1.70. The quantitative estimate of drug-likeness (QED) is 0.218. The Balaban J connectivity index is 0.00000242. The molecule has 117 valence electrons. The Hall–Kier alpha value is -0.780. The number of aromatic nitrogens is 4. The molecule has 1 atom stereocenters. The summed E-state index contributed by atoms with van der Waals surface area (Å²) in [6.07, 6.45) is 1.33. The van der Waals surface area contributed by atoms with Crippen molar-refractivity contribution >= 4 is 54.3 Å². The van der Waals surface area contributed by atoms with Crippen LogP contribution >= 0.6 is 7.60 Å². The van der Waals surface area contributed by atoms with Gasteiger partial charge < -0.3 is 25.0 Å². The number of hydrogen-bond acceptors (Lipinski definition) is 7. The SMILES string of the molecule is CC(OCOCn1cnc2c(=O)[nH]c(N)nc21)P(=O)(O)O.[Na]. The molecule has 0 aliphatic carbocycles. The molecule has 13 heteroatoms. The van der Waals surface area contributed by atoms with Crippen LogP contribution in [-0.2, 0) is 20.8 Å². The number of nitrogens with one attached hydrogen (secondary N) is 1. The van der Waals surface area contributed by atoms with Crippen LogP contribution < -0.4 is 11.3 Å². The van der Waals surface area contributed by atoms with Gasteiger partial charge in [-0.15, -0.1) is 0 Å². The Bertz CT molecular complexity index is 742. The van der Waals surface area contributed by atoms with E-state index in [2.05, 4.69) is 15.0 Å². The van der Waals surface area contributed by atoms with Crippen LogP contribution in [0.15, 0.2) is 11.1 Å². The summed E-state index contributed by atoms with van der Waals surface area (Å²) in [5.74, 6) is -1.32. The zero-order chi connectivity index (χ0) is 15.6. The number of hydrogen-bond donors (Lipinski definition) is 4. The first-order valence-electron chi connectivity index (χ1n) is 5.74. The first kappa shape index (κ1) is 19.3. The molecule has 0 saturated heterocycles. The molecular weight excluding hydrogens is 328 g/mol. The van der Waals surface area contributed by atoms with Crippen molar-refractivity contribution in [3.05, 3.63) is 16.7 Å². The molecule has 2 aromatic heterocycles. The van der Waals surface area contributed by atoms with Gasteiger partial charge >= 0.3 is 7.60 Å². The molecule has 0 spiro atoms. The van der Waals surface area contributed by atoms with Gasteiger partial charge in [0.15, 0.2) is 17.0 Å². The standard InChI is InChI=1S/C9H14N5O6P.Na/c1-5(21(16,17)18)20-4-19-3-14-2-11-6-7(14)12-9(10)13-8(6)15;/h2,5H,3-4H2,1H3,(H2,16,17,18)(H3,10,12,13,15);. The Morgan fingerprint density at radius 2 is 2.23 bits per heavy atom. The van der Waals surface area contributed by atoms with Crippen LogP contribution in [0.5, 0.6) is 0 Å². The minimum atomic E-state index is -4.30. The van der Waals surface area contributed by atoms with Gasteiger partial charge in [0.1, 0.15) is 13.5 Å². The van der Waals surface area contributed by atoms with Crippen molar-refractivity contribution in [2.45, 2.75) is 19.5 Å². The van der Waals surface area contributed by atoms with Crippen molar-refractivity contribution in [2.24, 2.45) is 0 Å². The second kappa shape index (κ2) is 7.66. The van der Waals surface area contributed by atoms with E-state index in [-0.39, 0.29) is 60.2 Å². The van der Waals surface area contributed by atoms with Crippen molar-refractivity contribution in [3.63, 3.8) is 0 Å². The van der Waals surface area contributed by atoms with E-state index in [1.54, 1.807) is 0 Å². The van der Waals surface area contributed by atoms with Crippen molar-refractivity contribution < 1.29 is 23.8 Å². The Labute approximate surface area is 146 Å². The van der Waals surface area contributed by atoms with E-state index >= 15 is 0 Å². The molecule has 5 N–H and O–H groups in total. The van der Waals surface area contributed by atoms with Crippen LogP contribution in [0.2, 0.25) is 0 Å². The third-order valence-corrected chi connectivity index (χ3v) is 3.69. The molecule has 1 unspecified atom stereocenters. The maximum Gasteiger partial charge on any atom is 0.353 e. The predicted molar refractivity (Wildman–Crippen MR) is 76.9 cm³/mol. The summed E-state index contributed by atoms with van der Waals surface area (Å²) in [7, 11) is -4.30. The zero-order valence-electron chi connectivity index (χ0n) is 12.0. The largest absolute Gasteiger partial charge is 0.369 e. The Morgan fingerprint density at radius 1 is 1.55 bits per heavy atom. The number of ether oxygens (including phenoxy) is 2. The first-order chi connectivity index (χ1) is 9.79. The van der Waals surface area contributed by atoms with Gasteiger partial charge in [-0.1, -0.05) is 0 Å². The molecule has 0 amide bonds. The molecule has 22 heavy (non-hydrogen) atoms. The van der Waals surface area contributed by atoms with Gasteiger partial charge in [0.25, 0.3) is 5.56 Å². The number of anilines is 1. The maximum atomic E-state index is 11.5. The molecule has 0 aliphatic rings. The molecule has 0 aromatic carbocycles. The van der Waals surface area contributed by atoms with E-state index in [0.29, 0.717) is 0 Å². The van der Waals surface area contributed by atoms with Gasteiger partial charge in [-0.2, -0.15) is 4.98 Å². The number of nitrogen functional groups attached to an aromatic ring is 1. The van der Waals surface area contributed by atoms with Crippen LogP contribution in [0.3, 0.4) is 0 Å². The van der Waals surface area contributed by atoms with Crippen LogP contribution in [0.4, 0.5) is 5.95 Å². The van der Waals surface area contributed by atoms with E-state index < -0.39 is 19.0 Å². The smallest absolute Gasteiger partial charge is 0.353 e. The molecule has 2 rings (SSSR count). The number of nitrogens with two attached hydrogens (primary N) is 1. The van der Waals surface area contributed by atoms with E-state index in [4.69, 9.17) is 25.0 Å². The van der Waals surface area contributed by atoms with Crippen LogP contribution in [-0.4, -0.2) is 71.5 Å². The minimum Gasteiger partial charge on any atom is -0.369 e. The van der Waals surface area contributed by atoms with Crippen molar-refractivity contribution in [1.82, 2.24) is 19.5 Å². The summed E-state index contributed by atoms with van der Waals surface area (Å²) in [6, 6.07) is 0. The maximum absolute atomic E-state index is 11.5. The summed E-state index contributed by atoms with van der Waals surface area (Å²) in [5.41, 5.74) is 5.31. The van der Waals surface area contributed by atoms with E-state index in [1.807, 2.05) is 0 Å². The molecule has 0 saturated carbocycles. The molecule has 0 bridgehead atoms. The fourth-order valence-electron chi connectivity index (χ4n) is 1.44. The van der Waals surface area contributed by atoms with Gasteiger partial charge in [0, 0.05) is 29.6 Å². The summed E-state index contributed by atoms with van der Waals surface area (Å²) in [4.78, 5) is 39.3. The van der Waals surface area contributed by atoms with Gasteiger partial charge in [0.2, 0.25) is 5.95 Å². The van der Waals surface area contributed by atoms with Crippen molar-refractivity contribution in [2.75, 3.05) is 12.5 Å². The zero-order valence-corrected chi connectivity index (χ0v) is 14.9. The third-order valence-electron chi connectivity index (χ3n) is 2.59. The topological polar surface area (TPSA) is 166 Å². The minimum absolute atomic E-state index is 0. The number of imidazole rings is 1. The number of rotatable bonds is 6. The summed E-state index contributed by atoms with van der Waals surface area (Å²) in [6.45, 7) is 0.823. The van der Waals surface area contributed by atoms with E-state index in [9.17, 15) is 9.36 Å². The first-order valence-corrected chi connectivity index (χ1v) is 7.42. The number of aromatic amines is 1. The normalized spacial score (nSPS) is 13.0. The summed E-state index contributed by atoms with van der Waals surface area (Å²) in [5, 5.41) is 0. The van der Waals surface area contributed by atoms with Gasteiger partial charge in [-0.05, 0) is 6.92 Å². The van der Waals surface area contributed by atoms with Crippen LogP contribution in [0.1, 0.15) is 6.92 Å². The molecule has 11 nitrogen and oxygen atoms in total. The number of fused-ring (bicyclic) bond motifs is 1. The molecule has 1 radical (unpaired) electrons. The van der Waals surface area contributed by atoms with Crippen molar-refractivity contribution in [3.8, 4) is 0 Å². The predicted octanol–water partition coefficient (Wildman–Crippen LogP) is -1.21. The average Bonchev–Trinajstić information content (AvgIpc) is 2.76. The van der Waals surface area contributed by atoms with Gasteiger partial charge in [-0.25, -0.2) is 4.98 Å². The Kier molecular flexibility index (Phi) is 6.71. The summed E-state index contributed by atoms with van der Waals surface area (Å²) < 4.78 is 22.2. The van der Waals surface area contributed by atoms with Crippen LogP contribution in [0.25, 0.3) is 11.2 Å². The molecular formula is C9H14N5NaO6P. The van der Waals surface area contributed by atoms with Gasteiger partial charge in [0.05, 0.1) is 6.33 Å². The van der Waals surface area contributed by atoms with E-state index in [0.717, 1.165) is 0 Å². The Morgan fingerprint density at radius 3 is 2.86 bits per heavy atom. The summed E-state index contributed by atoms with van der Waals surface area (Å²) >= 11 is 0. The molecule has 2 aromatic rings. The number of H-pyrrole nitrogens is 1. The molecule has 0 aliphatic heterocycles. The second-order valence-electron chi connectivity index (χ2n) is 4.14. The van der Waals surface area contributed by atoms with Crippen LogP contribution in [0, 0.1) is 0 Å². The third kappa shape index (κ3) is 4.61. The van der Waals surface area contributed by atoms with Gasteiger partial charge in [-0.3, -0.25) is 18.9 Å². The molecule has 2 heterocycles. The number of nitrogens with zero attached hydrogens (tertiary/aromatic N) is 3. The van der Waals surface area contributed by atoms with Crippen molar-refractivity contribution in [1.29, 1.82) is 0 Å². The fraction of sp³-hybridized carbons (Fsp3) is 0.444. The monoisotopic (exact) mass is 342 g/mol. The average molecular weight is 342 g/mol. The second-order valence-corrected chi connectivity index (χ2v) is 6.05. The van der Waals surface area contributed by atoms with E-state index in [1.165, 1.54) is 17.8 Å². The molecule has 0 fully saturated rings.